The summed E-state index contributed by atoms with van der Waals surface area (Å²) in [6.45, 7) is 0. The zero-order valence-corrected chi connectivity index (χ0v) is 11.2. The Kier molecular flexibility index (Phi) is 3.19. The van der Waals surface area contributed by atoms with E-state index >= 15 is 0 Å². The summed E-state index contributed by atoms with van der Waals surface area (Å²) >= 11 is 0. The van der Waals surface area contributed by atoms with Gasteiger partial charge in [0.05, 0.1) is 5.56 Å². The molecule has 2 atom stereocenters. The SMILES string of the molecule is N#Cc1ccc(C(=O)C2CC3CCC(C2)S3=O)nc1. The molecule has 1 aromatic rings. The number of aromatic nitrogens is 1. The average molecular weight is 274 g/mol. The molecular weight excluding hydrogens is 260 g/mol. The molecular formula is C14H14N2O2S. The maximum atomic E-state index is 12.4. The average Bonchev–Trinajstić information content (AvgIpc) is 2.68. The van der Waals surface area contributed by atoms with Crippen molar-refractivity contribution < 1.29 is 9.00 Å². The van der Waals surface area contributed by atoms with Crippen molar-refractivity contribution in [3.05, 3.63) is 29.6 Å². The molecule has 0 aromatic carbocycles. The first-order chi connectivity index (χ1) is 9.19. The molecule has 3 rings (SSSR count). The molecule has 0 radical (unpaired) electrons. The van der Waals surface area contributed by atoms with Crippen molar-refractivity contribution in [3.63, 3.8) is 0 Å². The molecule has 2 aliphatic rings. The molecule has 4 nitrogen and oxygen atoms in total. The van der Waals surface area contributed by atoms with Crippen molar-refractivity contribution in [1.82, 2.24) is 4.98 Å². The third kappa shape index (κ3) is 2.21. The van der Waals surface area contributed by atoms with Crippen LogP contribution in [0.5, 0.6) is 0 Å². The number of hydrogen-bond acceptors (Lipinski definition) is 4. The molecule has 2 saturated heterocycles. The highest BCUT2D eigenvalue weighted by atomic mass is 32.2. The third-order valence-corrected chi connectivity index (χ3v) is 6.25. The Balaban J connectivity index is 1.77. The molecule has 2 aliphatic heterocycles. The molecule has 3 heterocycles. The van der Waals surface area contributed by atoms with Gasteiger partial charge in [0.1, 0.15) is 11.8 Å². The second-order valence-corrected chi connectivity index (χ2v) is 7.22. The van der Waals surface area contributed by atoms with Gasteiger partial charge in [-0.05, 0) is 37.8 Å². The minimum absolute atomic E-state index is 0.0399. The number of carbonyl (C=O) groups excluding carboxylic acids is 1. The van der Waals surface area contributed by atoms with E-state index in [1.807, 2.05) is 6.07 Å². The van der Waals surface area contributed by atoms with Crippen LogP contribution in [0, 0.1) is 17.2 Å². The van der Waals surface area contributed by atoms with Crippen LogP contribution in [0.3, 0.4) is 0 Å². The van der Waals surface area contributed by atoms with Crippen LogP contribution in [0.15, 0.2) is 18.3 Å². The van der Waals surface area contributed by atoms with Crippen LogP contribution in [0.4, 0.5) is 0 Å². The van der Waals surface area contributed by atoms with Crippen molar-refractivity contribution in [1.29, 1.82) is 5.26 Å². The maximum absolute atomic E-state index is 12.4. The van der Waals surface area contributed by atoms with E-state index in [2.05, 4.69) is 4.98 Å². The fraction of sp³-hybridized carbons (Fsp3) is 0.500. The molecule has 98 valence electrons. The van der Waals surface area contributed by atoms with Gasteiger partial charge < -0.3 is 0 Å². The van der Waals surface area contributed by atoms with E-state index in [1.165, 1.54) is 6.20 Å². The minimum Gasteiger partial charge on any atom is -0.292 e. The number of ketones is 1. The summed E-state index contributed by atoms with van der Waals surface area (Å²) in [6.07, 6.45) is 4.86. The van der Waals surface area contributed by atoms with Crippen molar-refractivity contribution in [3.8, 4) is 6.07 Å². The lowest BCUT2D eigenvalue weighted by Crippen LogP contribution is -2.32. The zero-order chi connectivity index (χ0) is 13.4. The molecule has 0 aliphatic carbocycles. The topological polar surface area (TPSA) is 70.8 Å². The van der Waals surface area contributed by atoms with E-state index < -0.39 is 10.8 Å². The highest BCUT2D eigenvalue weighted by molar-refractivity contribution is 7.86. The van der Waals surface area contributed by atoms with Crippen LogP contribution in [0.25, 0.3) is 0 Å². The lowest BCUT2D eigenvalue weighted by atomic mass is 9.92. The summed E-state index contributed by atoms with van der Waals surface area (Å²) in [4.78, 5) is 16.4. The predicted octanol–water partition coefficient (Wildman–Crippen LogP) is 1.83. The van der Waals surface area contributed by atoms with Crippen LogP contribution in [0.1, 0.15) is 41.7 Å². The number of rotatable bonds is 2. The van der Waals surface area contributed by atoms with Gasteiger partial charge in [0.15, 0.2) is 5.78 Å². The first kappa shape index (κ1) is 12.5. The molecule has 0 spiro atoms. The highest BCUT2D eigenvalue weighted by Crippen LogP contribution is 2.39. The molecule has 19 heavy (non-hydrogen) atoms. The van der Waals surface area contributed by atoms with Crippen LogP contribution in [-0.4, -0.2) is 25.5 Å². The van der Waals surface area contributed by atoms with Gasteiger partial charge in [-0.1, -0.05) is 0 Å². The Labute approximate surface area is 114 Å². The zero-order valence-electron chi connectivity index (χ0n) is 10.4. The summed E-state index contributed by atoms with van der Waals surface area (Å²) in [5.74, 6) is -0.00581. The number of Topliss-reactive ketones (excluding diaryl/α,β-unsaturated/α-hetero) is 1. The lowest BCUT2D eigenvalue weighted by molar-refractivity contribution is 0.0901. The third-order valence-electron chi connectivity index (χ3n) is 4.08. The maximum Gasteiger partial charge on any atom is 0.184 e. The largest absolute Gasteiger partial charge is 0.292 e. The Morgan fingerprint density at radius 3 is 2.53 bits per heavy atom. The Morgan fingerprint density at radius 1 is 1.32 bits per heavy atom. The standard InChI is InChI=1S/C14H14N2O2S/c15-7-9-1-4-13(16-8-9)14(17)10-5-11-2-3-12(6-10)19(11)18/h1,4,8,10-12H,2-3,5-6H2. The van der Waals surface area contributed by atoms with Crippen molar-refractivity contribution in [2.45, 2.75) is 36.2 Å². The van der Waals surface area contributed by atoms with Crippen LogP contribution in [-0.2, 0) is 10.8 Å². The van der Waals surface area contributed by atoms with E-state index in [4.69, 9.17) is 5.26 Å². The van der Waals surface area contributed by atoms with Crippen LogP contribution < -0.4 is 0 Å². The van der Waals surface area contributed by atoms with Gasteiger partial charge in [0.2, 0.25) is 0 Å². The molecule has 0 amide bonds. The molecule has 0 N–H and O–H groups in total. The molecule has 2 bridgehead atoms. The number of carbonyl (C=O) groups is 1. The number of fused-ring (bicyclic) bond motifs is 2. The number of pyridine rings is 1. The predicted molar refractivity (Wildman–Crippen MR) is 71.0 cm³/mol. The first-order valence-electron chi connectivity index (χ1n) is 6.49. The fourth-order valence-electron chi connectivity index (χ4n) is 3.06. The summed E-state index contributed by atoms with van der Waals surface area (Å²) < 4.78 is 11.9. The van der Waals surface area contributed by atoms with Crippen molar-refractivity contribution in [2.24, 2.45) is 5.92 Å². The normalized spacial score (nSPS) is 32.8. The minimum atomic E-state index is -0.733. The number of nitriles is 1. The first-order valence-corrected chi connectivity index (χ1v) is 7.76. The fourth-order valence-corrected chi connectivity index (χ4v) is 5.19. The van der Waals surface area contributed by atoms with E-state index in [-0.39, 0.29) is 22.2 Å². The van der Waals surface area contributed by atoms with Gasteiger partial charge in [-0.3, -0.25) is 14.0 Å². The van der Waals surface area contributed by atoms with Gasteiger partial charge in [-0.2, -0.15) is 5.26 Å². The van der Waals surface area contributed by atoms with Crippen molar-refractivity contribution in [2.75, 3.05) is 0 Å². The molecule has 1 aromatic heterocycles. The van der Waals surface area contributed by atoms with Crippen LogP contribution in [0.2, 0.25) is 0 Å². The Bertz CT molecular complexity index is 560. The van der Waals surface area contributed by atoms with E-state index in [1.54, 1.807) is 12.1 Å². The van der Waals surface area contributed by atoms with Gasteiger partial charge in [0, 0.05) is 33.4 Å². The van der Waals surface area contributed by atoms with Crippen LogP contribution >= 0.6 is 0 Å². The van der Waals surface area contributed by atoms with Crippen molar-refractivity contribution >= 4 is 16.6 Å². The molecule has 2 unspecified atom stereocenters. The molecule has 2 fully saturated rings. The van der Waals surface area contributed by atoms with Gasteiger partial charge in [-0.25, -0.2) is 0 Å². The number of nitrogens with zero attached hydrogens (tertiary/aromatic N) is 2. The smallest absolute Gasteiger partial charge is 0.184 e. The summed E-state index contributed by atoms with van der Waals surface area (Å²) in [5, 5.41) is 9.11. The Hall–Kier alpha value is -1.54. The second-order valence-electron chi connectivity index (χ2n) is 5.23. The quantitative estimate of drug-likeness (QED) is 0.771. The summed E-state index contributed by atoms with van der Waals surface area (Å²) in [5.41, 5.74) is 0.887. The van der Waals surface area contributed by atoms with Gasteiger partial charge >= 0.3 is 0 Å². The highest BCUT2D eigenvalue weighted by Gasteiger charge is 2.43. The molecule has 5 heteroatoms. The summed E-state index contributed by atoms with van der Waals surface area (Å²) in [7, 11) is -0.733. The van der Waals surface area contributed by atoms with E-state index in [0.717, 1.165) is 25.7 Å². The second kappa shape index (κ2) is 4.86. The van der Waals surface area contributed by atoms with E-state index in [0.29, 0.717) is 11.3 Å². The monoisotopic (exact) mass is 274 g/mol. The summed E-state index contributed by atoms with van der Waals surface area (Å²) in [6, 6.07) is 5.23. The lowest BCUT2D eigenvalue weighted by Gasteiger charge is -2.25. The van der Waals surface area contributed by atoms with E-state index in [9.17, 15) is 9.00 Å². The molecule has 0 saturated carbocycles. The number of hydrogen-bond donors (Lipinski definition) is 0. The Morgan fingerprint density at radius 2 is 2.00 bits per heavy atom. The van der Waals surface area contributed by atoms with Gasteiger partial charge in [-0.15, -0.1) is 0 Å². The van der Waals surface area contributed by atoms with Gasteiger partial charge in [0.25, 0.3) is 0 Å².